The van der Waals surface area contributed by atoms with Crippen LogP contribution in [0.4, 0.5) is 28.8 Å². The van der Waals surface area contributed by atoms with Crippen molar-refractivity contribution in [2.75, 3.05) is 50.0 Å². The number of alkyl halides is 1. The van der Waals surface area contributed by atoms with E-state index in [1.165, 1.54) is 29.5 Å². The quantitative estimate of drug-likeness (QED) is 0.200. The van der Waals surface area contributed by atoms with Crippen molar-refractivity contribution in [2.24, 2.45) is 0 Å². The fourth-order valence-corrected chi connectivity index (χ4v) is 10.7. The van der Waals surface area contributed by atoms with Crippen LogP contribution in [0, 0.1) is 23.0 Å². The van der Waals surface area contributed by atoms with Crippen LogP contribution in [0.5, 0.6) is 6.01 Å². The number of anilines is 2. The van der Waals surface area contributed by atoms with Crippen molar-refractivity contribution in [1.82, 2.24) is 34.5 Å². The zero-order chi connectivity index (χ0) is 37.4. The van der Waals surface area contributed by atoms with Gasteiger partial charge in [-0.25, -0.2) is 22.9 Å². The molecule has 12 nitrogen and oxygen atoms in total. The molecule has 9 rings (SSSR count). The van der Waals surface area contributed by atoms with E-state index in [1.807, 2.05) is 11.0 Å². The van der Waals surface area contributed by atoms with E-state index < -0.39 is 28.9 Å². The molecule has 280 valence electrons. The van der Waals surface area contributed by atoms with Crippen molar-refractivity contribution in [3.05, 3.63) is 53.1 Å². The van der Waals surface area contributed by atoms with E-state index in [4.69, 9.17) is 27.1 Å². The molecule has 4 saturated heterocycles. The minimum absolute atomic E-state index is 0.00825. The molecule has 1 unspecified atom stereocenters. The second kappa shape index (κ2) is 13.2. The minimum Gasteiger partial charge on any atom is -0.461 e. The van der Waals surface area contributed by atoms with E-state index in [9.17, 15) is 14.4 Å². The summed E-state index contributed by atoms with van der Waals surface area (Å²) in [6.45, 7) is 2.75. The van der Waals surface area contributed by atoms with Gasteiger partial charge in [-0.05, 0) is 69.2 Å². The molecule has 1 spiro atoms. The van der Waals surface area contributed by atoms with Gasteiger partial charge in [0.1, 0.15) is 53.7 Å². The summed E-state index contributed by atoms with van der Waals surface area (Å²) in [7, 11) is 0. The Hall–Kier alpha value is -4.72. The Morgan fingerprint density at radius 3 is 2.78 bits per heavy atom. The van der Waals surface area contributed by atoms with E-state index >= 15 is 8.78 Å². The highest BCUT2D eigenvalue weighted by Crippen LogP contribution is 2.47. The van der Waals surface area contributed by atoms with Gasteiger partial charge in [0.2, 0.25) is 0 Å². The molecule has 2 N–H and O–H groups in total. The third-order valence-corrected chi connectivity index (χ3v) is 13.1. The molecule has 3 atom stereocenters. The molecule has 17 heteroatoms. The number of carbonyl (C=O) groups excluding carboxylic acids is 1. The van der Waals surface area contributed by atoms with Gasteiger partial charge < -0.3 is 20.3 Å². The predicted molar refractivity (Wildman–Crippen MR) is 199 cm³/mol. The van der Waals surface area contributed by atoms with Crippen LogP contribution >= 0.6 is 22.9 Å². The van der Waals surface area contributed by atoms with Crippen LogP contribution in [-0.2, 0) is 0 Å². The molecule has 0 bridgehead atoms. The van der Waals surface area contributed by atoms with Crippen molar-refractivity contribution in [3.8, 4) is 23.2 Å². The Bertz CT molecular complexity index is 2350. The standard InChI is InChI=1S/C37H36ClF3N10O2S/c38-25-13-23-30(29(41)28(25)22-5-6-26(40)31-27(22)24(15-42)32(43)54-31)46-34(53-18-37-9-3-11-49(37)16-21(39)14-37)47-33(23)48-10-2-1-7-36(17-48)8-4-12-50(36)35(52)51-20-44-19-45-51/h5-6,13,19-21H,1-4,7-12,14,16-18,43H2/t21-,36?,37+/m1/s1. The number of rotatable bonds is 5. The Morgan fingerprint density at radius 2 is 1.96 bits per heavy atom. The highest BCUT2D eigenvalue weighted by Gasteiger charge is 2.50. The fourth-order valence-electron chi connectivity index (χ4n) is 9.41. The van der Waals surface area contributed by atoms with Gasteiger partial charge in [-0.1, -0.05) is 17.7 Å². The van der Waals surface area contributed by atoms with Gasteiger partial charge in [0.15, 0.2) is 5.82 Å². The van der Waals surface area contributed by atoms with Crippen LogP contribution in [-0.4, -0.2) is 97.1 Å². The molecule has 3 aromatic heterocycles. The number of nitrogens with two attached hydrogens (primary N) is 1. The number of amides is 1. The summed E-state index contributed by atoms with van der Waals surface area (Å²) in [6.07, 6.45) is 7.70. The van der Waals surface area contributed by atoms with E-state index in [0.29, 0.717) is 43.8 Å². The maximum atomic E-state index is 17.3. The smallest absolute Gasteiger partial charge is 0.346 e. The average Bonchev–Trinajstić information content (AvgIpc) is 3.97. The number of aromatic nitrogens is 5. The number of benzene rings is 2. The van der Waals surface area contributed by atoms with Crippen molar-refractivity contribution in [1.29, 1.82) is 5.26 Å². The SMILES string of the molecule is N#Cc1c(N)sc2c(F)ccc(-c3c(Cl)cc4c(N5CCCCC6(CCCN6C(=O)n6cncn6)C5)nc(OC[C@@]56CCCN5C[C@H](F)C6)nc4c3F)c12. The van der Waals surface area contributed by atoms with Crippen LogP contribution in [0.1, 0.15) is 56.9 Å². The van der Waals surface area contributed by atoms with Gasteiger partial charge in [0.05, 0.1) is 26.4 Å². The second-order valence-electron chi connectivity index (χ2n) is 14.9. The lowest BCUT2D eigenvalue weighted by atomic mass is 9.90. The monoisotopic (exact) mass is 776 g/mol. The van der Waals surface area contributed by atoms with Gasteiger partial charge in [-0.2, -0.15) is 25.0 Å². The lowest BCUT2D eigenvalue weighted by molar-refractivity contribution is 0.107. The summed E-state index contributed by atoms with van der Waals surface area (Å²) in [5.74, 6) is -1.00. The summed E-state index contributed by atoms with van der Waals surface area (Å²) >= 11 is 7.88. The normalized spacial score (nSPS) is 24.5. The number of likely N-dealkylation sites (tertiary alicyclic amines) is 1. The van der Waals surface area contributed by atoms with E-state index in [0.717, 1.165) is 62.8 Å². The van der Waals surface area contributed by atoms with Crippen molar-refractivity contribution < 1.29 is 22.7 Å². The molecule has 7 heterocycles. The summed E-state index contributed by atoms with van der Waals surface area (Å²) in [5.41, 5.74) is 5.14. The molecular formula is C37H36ClF3N10O2S. The number of halogens is 4. The Balaban J connectivity index is 1.19. The number of nitrogens with zero attached hydrogens (tertiary/aromatic N) is 9. The van der Waals surface area contributed by atoms with Gasteiger partial charge in [0, 0.05) is 48.9 Å². The lowest BCUT2D eigenvalue weighted by Gasteiger charge is -2.40. The van der Waals surface area contributed by atoms with E-state index in [-0.39, 0.29) is 61.0 Å². The molecule has 4 aliphatic rings. The van der Waals surface area contributed by atoms with E-state index in [2.05, 4.69) is 24.9 Å². The number of carbonyl (C=O) groups is 1. The largest absolute Gasteiger partial charge is 0.461 e. The fraction of sp³-hybridized carbons (Fsp3) is 0.459. The minimum atomic E-state index is -0.969. The summed E-state index contributed by atoms with van der Waals surface area (Å²) < 4.78 is 54.8. The first-order chi connectivity index (χ1) is 26.1. The lowest BCUT2D eigenvalue weighted by Crippen LogP contribution is -2.54. The number of nitriles is 1. The van der Waals surface area contributed by atoms with Gasteiger partial charge in [-0.15, -0.1) is 11.3 Å². The first-order valence-corrected chi connectivity index (χ1v) is 19.3. The number of fused-ring (bicyclic) bond motifs is 3. The third-order valence-electron chi connectivity index (χ3n) is 11.8. The third kappa shape index (κ3) is 5.53. The highest BCUT2D eigenvalue weighted by atomic mass is 35.5. The summed E-state index contributed by atoms with van der Waals surface area (Å²) in [5, 5.41) is 14.7. The molecule has 4 fully saturated rings. The van der Waals surface area contributed by atoms with Crippen LogP contribution < -0.4 is 15.4 Å². The Morgan fingerprint density at radius 1 is 1.13 bits per heavy atom. The number of hydrogen-bond donors (Lipinski definition) is 1. The maximum absolute atomic E-state index is 17.3. The van der Waals surface area contributed by atoms with Crippen molar-refractivity contribution >= 4 is 60.8 Å². The van der Waals surface area contributed by atoms with Crippen molar-refractivity contribution in [2.45, 2.75) is 68.6 Å². The number of ether oxygens (including phenoxy) is 1. The number of thiophene rings is 1. The van der Waals surface area contributed by atoms with Gasteiger partial charge in [-0.3, -0.25) is 4.90 Å². The molecule has 5 aromatic rings. The Labute approximate surface area is 317 Å². The first kappa shape index (κ1) is 35.0. The van der Waals surface area contributed by atoms with Crippen LogP contribution in [0.25, 0.3) is 32.1 Å². The molecule has 0 aliphatic carbocycles. The van der Waals surface area contributed by atoms with Crippen molar-refractivity contribution in [3.63, 3.8) is 0 Å². The van der Waals surface area contributed by atoms with E-state index in [1.54, 1.807) is 6.07 Å². The summed E-state index contributed by atoms with van der Waals surface area (Å²) in [4.78, 5) is 33.3. The second-order valence-corrected chi connectivity index (χ2v) is 16.3. The predicted octanol–water partition coefficient (Wildman–Crippen LogP) is 6.94. The molecule has 0 saturated carbocycles. The highest BCUT2D eigenvalue weighted by molar-refractivity contribution is 7.23. The topological polar surface area (TPSA) is 142 Å². The maximum Gasteiger partial charge on any atom is 0.346 e. The molecule has 54 heavy (non-hydrogen) atoms. The number of hydrogen-bond acceptors (Lipinski definition) is 11. The first-order valence-electron chi connectivity index (χ1n) is 18.2. The van der Waals surface area contributed by atoms with Gasteiger partial charge >= 0.3 is 12.0 Å². The molecular weight excluding hydrogens is 741 g/mol. The molecule has 1 amide bonds. The summed E-state index contributed by atoms with van der Waals surface area (Å²) in [6, 6.07) is 5.89. The zero-order valence-corrected chi connectivity index (χ0v) is 30.8. The molecule has 2 aromatic carbocycles. The van der Waals surface area contributed by atoms with Crippen LogP contribution in [0.2, 0.25) is 5.02 Å². The van der Waals surface area contributed by atoms with Crippen LogP contribution in [0.3, 0.4) is 0 Å². The Kier molecular flexibility index (Phi) is 8.59. The van der Waals surface area contributed by atoms with Gasteiger partial charge in [0.25, 0.3) is 0 Å². The van der Waals surface area contributed by atoms with Crippen LogP contribution in [0.15, 0.2) is 30.9 Å². The molecule has 0 radical (unpaired) electrons. The number of nitrogen functional groups attached to an aromatic ring is 1. The molecule has 4 aliphatic heterocycles. The zero-order valence-electron chi connectivity index (χ0n) is 29.2. The average molecular weight is 777 g/mol.